The Bertz CT molecular complexity index is 770. The van der Waals surface area contributed by atoms with Crippen molar-refractivity contribution < 1.29 is 0 Å². The summed E-state index contributed by atoms with van der Waals surface area (Å²) < 4.78 is 2.33. The van der Waals surface area contributed by atoms with Gasteiger partial charge in [-0.2, -0.15) is 0 Å². The number of nitrogens with one attached hydrogen (secondary N) is 2. The standard InChI is InChI=1S/C19H32N8S.HI/c1-4-20-18(22-13-15-14-28-19(23-15)26(2)3)21-11-8-10-17-25-24-16-9-6-5-7-12-27(16)17;/h14H,4-13H2,1-3H3,(H2,20,21,22);1H. The average molecular weight is 533 g/mol. The molecule has 2 aromatic heterocycles. The number of guanidine groups is 1. The van der Waals surface area contributed by atoms with E-state index in [1.54, 1.807) is 11.3 Å². The van der Waals surface area contributed by atoms with Gasteiger partial charge < -0.3 is 20.1 Å². The van der Waals surface area contributed by atoms with Crippen molar-refractivity contribution in [3.05, 3.63) is 22.7 Å². The van der Waals surface area contributed by atoms with E-state index in [0.717, 1.165) is 67.3 Å². The first-order valence-corrected chi connectivity index (χ1v) is 11.1. The average Bonchev–Trinajstić information content (AvgIpc) is 3.24. The number of thiazole rings is 1. The number of aliphatic imine (C=N–C) groups is 1. The van der Waals surface area contributed by atoms with Gasteiger partial charge >= 0.3 is 0 Å². The second kappa shape index (κ2) is 12.3. The van der Waals surface area contributed by atoms with Gasteiger partial charge in [0.05, 0.1) is 12.2 Å². The van der Waals surface area contributed by atoms with Crippen molar-refractivity contribution in [2.45, 2.75) is 58.5 Å². The predicted octanol–water partition coefficient (Wildman–Crippen LogP) is 2.83. The quantitative estimate of drug-likeness (QED) is 0.236. The molecule has 0 saturated heterocycles. The molecule has 162 valence electrons. The van der Waals surface area contributed by atoms with Crippen LogP contribution < -0.4 is 15.5 Å². The summed E-state index contributed by atoms with van der Waals surface area (Å²) in [7, 11) is 4.01. The van der Waals surface area contributed by atoms with Crippen LogP contribution in [0.15, 0.2) is 10.4 Å². The fourth-order valence-corrected chi connectivity index (χ4v) is 4.01. The molecule has 1 aliphatic rings. The molecule has 2 N–H and O–H groups in total. The van der Waals surface area contributed by atoms with Gasteiger partial charge in [0.1, 0.15) is 11.6 Å². The molecule has 8 nitrogen and oxygen atoms in total. The van der Waals surface area contributed by atoms with Crippen LogP contribution in [-0.2, 0) is 25.9 Å². The number of anilines is 1. The number of rotatable bonds is 8. The zero-order valence-electron chi connectivity index (χ0n) is 17.6. The van der Waals surface area contributed by atoms with Crippen LogP contribution >= 0.6 is 35.3 Å². The summed E-state index contributed by atoms with van der Waals surface area (Å²) in [4.78, 5) is 11.3. The van der Waals surface area contributed by atoms with Gasteiger partial charge in [0.15, 0.2) is 11.1 Å². The van der Waals surface area contributed by atoms with E-state index in [2.05, 4.69) is 47.7 Å². The lowest BCUT2D eigenvalue weighted by Crippen LogP contribution is -2.38. The highest BCUT2D eigenvalue weighted by atomic mass is 127. The third-order valence-corrected chi connectivity index (χ3v) is 5.78. The number of aromatic nitrogens is 4. The maximum atomic E-state index is 4.66. The highest BCUT2D eigenvalue weighted by Gasteiger charge is 2.14. The van der Waals surface area contributed by atoms with Gasteiger partial charge in [0.25, 0.3) is 0 Å². The molecule has 10 heteroatoms. The van der Waals surface area contributed by atoms with E-state index in [1.165, 1.54) is 19.3 Å². The fourth-order valence-electron chi connectivity index (χ4n) is 3.26. The molecule has 1 aliphatic heterocycles. The van der Waals surface area contributed by atoms with Crippen LogP contribution in [0.25, 0.3) is 0 Å². The van der Waals surface area contributed by atoms with E-state index in [0.29, 0.717) is 6.54 Å². The van der Waals surface area contributed by atoms with Crippen LogP contribution in [0.5, 0.6) is 0 Å². The highest BCUT2D eigenvalue weighted by molar-refractivity contribution is 14.0. The van der Waals surface area contributed by atoms with Crippen molar-refractivity contribution in [2.24, 2.45) is 4.99 Å². The van der Waals surface area contributed by atoms with E-state index in [-0.39, 0.29) is 24.0 Å². The molecule has 0 atom stereocenters. The molecule has 0 saturated carbocycles. The summed E-state index contributed by atoms with van der Waals surface area (Å²) >= 11 is 1.64. The summed E-state index contributed by atoms with van der Waals surface area (Å²) in [5, 5.41) is 18.6. The smallest absolute Gasteiger partial charge is 0.191 e. The number of fused-ring (bicyclic) bond motifs is 1. The Morgan fingerprint density at radius 3 is 2.86 bits per heavy atom. The van der Waals surface area contributed by atoms with E-state index in [1.807, 2.05) is 19.0 Å². The van der Waals surface area contributed by atoms with Gasteiger partial charge in [-0.3, -0.25) is 0 Å². The summed E-state index contributed by atoms with van der Waals surface area (Å²) in [6.07, 6.45) is 6.77. The van der Waals surface area contributed by atoms with Crippen LogP contribution in [0.4, 0.5) is 5.13 Å². The van der Waals surface area contributed by atoms with Gasteiger partial charge in [0, 0.05) is 52.0 Å². The van der Waals surface area contributed by atoms with Crippen molar-refractivity contribution in [1.82, 2.24) is 30.4 Å². The Balaban J connectivity index is 0.00000300. The third-order valence-electron chi connectivity index (χ3n) is 4.72. The number of halogens is 1. The molecule has 0 radical (unpaired) electrons. The van der Waals surface area contributed by atoms with Gasteiger partial charge in [0.2, 0.25) is 0 Å². The topological polar surface area (TPSA) is 83.3 Å². The van der Waals surface area contributed by atoms with E-state index in [4.69, 9.17) is 0 Å². The summed E-state index contributed by atoms with van der Waals surface area (Å²) in [6, 6.07) is 0. The molecule has 29 heavy (non-hydrogen) atoms. The zero-order valence-corrected chi connectivity index (χ0v) is 20.8. The first kappa shape index (κ1) is 23.8. The predicted molar refractivity (Wildman–Crippen MR) is 131 cm³/mol. The first-order chi connectivity index (χ1) is 13.7. The van der Waals surface area contributed by atoms with E-state index < -0.39 is 0 Å². The van der Waals surface area contributed by atoms with Crippen molar-refractivity contribution in [1.29, 1.82) is 0 Å². The van der Waals surface area contributed by atoms with Crippen LogP contribution in [0.1, 0.15) is 49.9 Å². The number of hydrogen-bond acceptors (Lipinski definition) is 6. The van der Waals surface area contributed by atoms with Crippen LogP contribution in [0.2, 0.25) is 0 Å². The lowest BCUT2D eigenvalue weighted by molar-refractivity contribution is 0.594. The maximum Gasteiger partial charge on any atom is 0.191 e. The van der Waals surface area contributed by atoms with Crippen molar-refractivity contribution in [2.75, 3.05) is 32.1 Å². The van der Waals surface area contributed by atoms with Gasteiger partial charge in [-0.15, -0.1) is 45.5 Å². The lowest BCUT2D eigenvalue weighted by Gasteiger charge is -2.11. The minimum Gasteiger partial charge on any atom is -0.357 e. The molecular formula is C19H33IN8S. The van der Waals surface area contributed by atoms with Crippen molar-refractivity contribution in [3.8, 4) is 0 Å². The minimum atomic E-state index is 0. The van der Waals surface area contributed by atoms with E-state index in [9.17, 15) is 0 Å². The van der Waals surface area contributed by atoms with Gasteiger partial charge in [-0.05, 0) is 26.2 Å². The summed E-state index contributed by atoms with van der Waals surface area (Å²) in [5.74, 6) is 3.12. The zero-order chi connectivity index (χ0) is 19.8. The second-order valence-corrected chi connectivity index (χ2v) is 8.07. The molecule has 0 fully saturated rings. The SMILES string of the molecule is CCNC(=NCc1csc(N(C)C)n1)NCCCc1nnc2n1CCCCC2.I. The molecule has 3 heterocycles. The molecule has 0 aliphatic carbocycles. The number of nitrogens with zero attached hydrogens (tertiary/aromatic N) is 6. The fraction of sp³-hybridized carbons (Fsp3) is 0.684. The normalized spacial score (nSPS) is 14.0. The molecule has 3 rings (SSSR count). The minimum absolute atomic E-state index is 0. The largest absolute Gasteiger partial charge is 0.357 e. The number of hydrogen-bond donors (Lipinski definition) is 2. The monoisotopic (exact) mass is 532 g/mol. The Kier molecular flexibility index (Phi) is 10.1. The molecule has 0 spiro atoms. The first-order valence-electron chi connectivity index (χ1n) is 10.2. The molecule has 0 unspecified atom stereocenters. The lowest BCUT2D eigenvalue weighted by atomic mass is 10.2. The third kappa shape index (κ3) is 7.09. The molecule has 2 aromatic rings. The molecule has 0 bridgehead atoms. The Labute approximate surface area is 194 Å². The Morgan fingerprint density at radius 2 is 2.10 bits per heavy atom. The molecule has 0 aromatic carbocycles. The molecular weight excluding hydrogens is 499 g/mol. The van der Waals surface area contributed by atoms with Gasteiger partial charge in [-0.25, -0.2) is 9.98 Å². The van der Waals surface area contributed by atoms with Crippen molar-refractivity contribution in [3.63, 3.8) is 0 Å². The van der Waals surface area contributed by atoms with Crippen LogP contribution in [0.3, 0.4) is 0 Å². The Morgan fingerprint density at radius 1 is 1.24 bits per heavy atom. The van der Waals surface area contributed by atoms with Crippen LogP contribution in [-0.4, -0.2) is 52.9 Å². The summed E-state index contributed by atoms with van der Waals surface area (Å²) in [6.45, 7) is 5.42. The van der Waals surface area contributed by atoms with Crippen LogP contribution in [0, 0.1) is 0 Å². The van der Waals surface area contributed by atoms with E-state index >= 15 is 0 Å². The maximum absolute atomic E-state index is 4.66. The Hall–Kier alpha value is -1.43. The summed E-state index contributed by atoms with van der Waals surface area (Å²) in [5.41, 5.74) is 0.997. The molecule has 0 amide bonds. The van der Waals surface area contributed by atoms with Crippen molar-refractivity contribution >= 4 is 46.4 Å². The second-order valence-electron chi connectivity index (χ2n) is 7.24. The number of aryl methyl sites for hydroxylation is 2. The van der Waals surface area contributed by atoms with Gasteiger partial charge in [-0.1, -0.05) is 6.42 Å². The highest BCUT2D eigenvalue weighted by Crippen LogP contribution is 2.18.